The van der Waals surface area contributed by atoms with Crippen molar-refractivity contribution >= 4 is 5.91 Å². The maximum absolute atomic E-state index is 12.4. The molecule has 2 fully saturated rings. The van der Waals surface area contributed by atoms with Crippen LogP contribution in [0.4, 0.5) is 0 Å². The monoisotopic (exact) mass is 303 g/mol. The zero-order valence-corrected chi connectivity index (χ0v) is 13.5. The third kappa shape index (κ3) is 3.33. The molecule has 1 spiro atoms. The lowest BCUT2D eigenvalue weighted by atomic mass is 10.00. The fourth-order valence-electron chi connectivity index (χ4n) is 3.19. The van der Waals surface area contributed by atoms with Gasteiger partial charge in [0.2, 0.25) is 5.91 Å². The molecule has 1 aromatic rings. The lowest BCUT2D eigenvalue weighted by Gasteiger charge is -2.37. The van der Waals surface area contributed by atoms with Crippen LogP contribution >= 0.6 is 0 Å². The summed E-state index contributed by atoms with van der Waals surface area (Å²) in [5, 5.41) is 0. The number of rotatable bonds is 3. The molecule has 0 saturated carbocycles. The Labute approximate surface area is 132 Å². The Kier molecular flexibility index (Phi) is 4.50. The van der Waals surface area contributed by atoms with Crippen LogP contribution in [0, 0.1) is 0 Å². The van der Waals surface area contributed by atoms with E-state index in [9.17, 15) is 4.79 Å². The largest absolute Gasteiger partial charge is 0.347 e. The molecule has 3 rings (SSSR count). The zero-order valence-electron chi connectivity index (χ0n) is 13.5. The predicted molar refractivity (Wildman–Crippen MR) is 84.7 cm³/mol. The van der Waals surface area contributed by atoms with E-state index in [0.717, 1.165) is 31.5 Å². The summed E-state index contributed by atoms with van der Waals surface area (Å²) >= 11 is 0. The van der Waals surface area contributed by atoms with Gasteiger partial charge in [0, 0.05) is 25.9 Å². The molecule has 0 unspecified atom stereocenters. The van der Waals surface area contributed by atoms with Gasteiger partial charge in [0.1, 0.15) is 0 Å². The Morgan fingerprint density at radius 2 is 1.73 bits per heavy atom. The van der Waals surface area contributed by atoms with Gasteiger partial charge in [0.05, 0.1) is 19.6 Å². The lowest BCUT2D eigenvalue weighted by Crippen LogP contribution is -2.47. The van der Waals surface area contributed by atoms with Gasteiger partial charge in [0.15, 0.2) is 5.79 Å². The van der Waals surface area contributed by atoms with Crippen molar-refractivity contribution < 1.29 is 14.3 Å². The van der Waals surface area contributed by atoms with Crippen molar-refractivity contribution in [3.63, 3.8) is 0 Å². The number of amides is 1. The topological polar surface area (TPSA) is 38.8 Å². The van der Waals surface area contributed by atoms with Gasteiger partial charge in [0.25, 0.3) is 0 Å². The molecular weight excluding hydrogens is 278 g/mol. The van der Waals surface area contributed by atoms with Gasteiger partial charge < -0.3 is 14.4 Å². The van der Waals surface area contributed by atoms with Crippen LogP contribution in [-0.4, -0.2) is 42.9 Å². The van der Waals surface area contributed by atoms with E-state index >= 15 is 0 Å². The van der Waals surface area contributed by atoms with Crippen LogP contribution in [0.25, 0.3) is 0 Å². The highest BCUT2D eigenvalue weighted by atomic mass is 16.7. The number of ether oxygens (including phenoxy) is 2. The second kappa shape index (κ2) is 6.39. The summed E-state index contributed by atoms with van der Waals surface area (Å²) in [6.45, 7) is 7.16. The fourth-order valence-corrected chi connectivity index (χ4v) is 3.19. The molecule has 120 valence electrons. The van der Waals surface area contributed by atoms with Crippen molar-refractivity contribution in [1.29, 1.82) is 0 Å². The highest BCUT2D eigenvalue weighted by Crippen LogP contribution is 2.31. The molecule has 1 aromatic carbocycles. The highest BCUT2D eigenvalue weighted by molar-refractivity contribution is 5.78. The molecule has 0 bridgehead atoms. The molecule has 4 nitrogen and oxygen atoms in total. The first-order chi connectivity index (χ1) is 10.6. The molecule has 4 heteroatoms. The molecule has 2 aliphatic rings. The van der Waals surface area contributed by atoms with Crippen LogP contribution in [0.3, 0.4) is 0 Å². The van der Waals surface area contributed by atoms with E-state index in [1.807, 2.05) is 4.90 Å². The van der Waals surface area contributed by atoms with Crippen LogP contribution in [0.2, 0.25) is 0 Å². The van der Waals surface area contributed by atoms with Crippen LogP contribution in [0.5, 0.6) is 0 Å². The molecule has 2 aliphatic heterocycles. The van der Waals surface area contributed by atoms with Crippen molar-refractivity contribution in [2.24, 2.45) is 0 Å². The van der Waals surface area contributed by atoms with Gasteiger partial charge >= 0.3 is 0 Å². The number of piperidine rings is 1. The standard InChI is InChI=1S/C18H25NO3/c1-14(2)16-5-3-15(4-6-16)13-17(20)19-9-7-18(8-10-19)21-11-12-22-18/h3-6,14H,7-13H2,1-2H3. The fraction of sp³-hybridized carbons (Fsp3) is 0.611. The maximum Gasteiger partial charge on any atom is 0.226 e. The number of carbonyl (C=O) groups is 1. The van der Waals surface area contributed by atoms with E-state index in [0.29, 0.717) is 25.6 Å². The van der Waals surface area contributed by atoms with E-state index in [1.54, 1.807) is 0 Å². The number of hydrogen-bond acceptors (Lipinski definition) is 3. The van der Waals surface area contributed by atoms with Crippen LogP contribution in [0.15, 0.2) is 24.3 Å². The molecule has 1 amide bonds. The number of likely N-dealkylation sites (tertiary alicyclic amines) is 1. The third-order valence-corrected chi connectivity index (χ3v) is 4.69. The molecule has 0 N–H and O–H groups in total. The van der Waals surface area contributed by atoms with Gasteiger partial charge in [-0.3, -0.25) is 4.79 Å². The van der Waals surface area contributed by atoms with Gasteiger partial charge in [-0.05, 0) is 17.0 Å². The van der Waals surface area contributed by atoms with Crippen molar-refractivity contribution in [3.8, 4) is 0 Å². The summed E-state index contributed by atoms with van der Waals surface area (Å²) < 4.78 is 11.4. The van der Waals surface area contributed by atoms with Crippen molar-refractivity contribution in [2.75, 3.05) is 26.3 Å². The Balaban J connectivity index is 1.54. The van der Waals surface area contributed by atoms with Crippen molar-refractivity contribution in [3.05, 3.63) is 35.4 Å². The second-order valence-corrected chi connectivity index (χ2v) is 6.56. The van der Waals surface area contributed by atoms with Crippen LogP contribution in [-0.2, 0) is 20.7 Å². The predicted octanol–water partition coefficient (Wildman–Crippen LogP) is 2.72. The van der Waals surface area contributed by atoms with E-state index in [4.69, 9.17) is 9.47 Å². The SMILES string of the molecule is CC(C)c1ccc(CC(=O)N2CCC3(CC2)OCCO3)cc1. The summed E-state index contributed by atoms with van der Waals surface area (Å²) in [5.41, 5.74) is 2.40. The normalized spacial score (nSPS) is 20.8. The van der Waals surface area contributed by atoms with Crippen LogP contribution in [0.1, 0.15) is 43.7 Å². The molecule has 0 aromatic heterocycles. The molecular formula is C18H25NO3. The number of nitrogens with zero attached hydrogens (tertiary/aromatic N) is 1. The number of hydrogen-bond donors (Lipinski definition) is 0. The molecule has 0 aliphatic carbocycles. The molecule has 0 radical (unpaired) electrons. The van der Waals surface area contributed by atoms with E-state index in [2.05, 4.69) is 38.1 Å². The van der Waals surface area contributed by atoms with Crippen molar-refractivity contribution in [1.82, 2.24) is 4.90 Å². The first-order valence-corrected chi connectivity index (χ1v) is 8.22. The summed E-state index contributed by atoms with van der Waals surface area (Å²) in [4.78, 5) is 14.4. The minimum absolute atomic E-state index is 0.199. The Hall–Kier alpha value is -1.39. The van der Waals surface area contributed by atoms with Gasteiger partial charge in [-0.1, -0.05) is 38.1 Å². The maximum atomic E-state index is 12.4. The smallest absolute Gasteiger partial charge is 0.226 e. The van der Waals surface area contributed by atoms with Crippen molar-refractivity contribution in [2.45, 2.75) is 44.8 Å². The minimum atomic E-state index is -0.407. The summed E-state index contributed by atoms with van der Waals surface area (Å²) in [5.74, 6) is 0.315. The molecule has 22 heavy (non-hydrogen) atoms. The van der Waals surface area contributed by atoms with E-state index < -0.39 is 5.79 Å². The number of benzene rings is 1. The first-order valence-electron chi connectivity index (χ1n) is 8.22. The molecule has 2 heterocycles. The summed E-state index contributed by atoms with van der Waals surface area (Å²) in [6.07, 6.45) is 2.04. The number of carbonyl (C=O) groups excluding carboxylic acids is 1. The zero-order chi connectivity index (χ0) is 15.6. The Morgan fingerprint density at radius 1 is 1.14 bits per heavy atom. The summed E-state index contributed by atoms with van der Waals surface area (Å²) in [6, 6.07) is 8.39. The average Bonchev–Trinajstić information content (AvgIpc) is 2.96. The Bertz CT molecular complexity index is 508. The van der Waals surface area contributed by atoms with Crippen LogP contribution < -0.4 is 0 Å². The Morgan fingerprint density at radius 3 is 2.27 bits per heavy atom. The molecule has 0 atom stereocenters. The third-order valence-electron chi connectivity index (χ3n) is 4.69. The minimum Gasteiger partial charge on any atom is -0.347 e. The molecule has 2 saturated heterocycles. The van der Waals surface area contributed by atoms with Gasteiger partial charge in [-0.25, -0.2) is 0 Å². The van der Waals surface area contributed by atoms with E-state index in [1.165, 1.54) is 5.56 Å². The first kappa shape index (κ1) is 15.5. The summed E-state index contributed by atoms with van der Waals surface area (Å²) in [7, 11) is 0. The average molecular weight is 303 g/mol. The van der Waals surface area contributed by atoms with E-state index in [-0.39, 0.29) is 5.91 Å². The second-order valence-electron chi connectivity index (χ2n) is 6.56. The van der Waals surface area contributed by atoms with Gasteiger partial charge in [-0.15, -0.1) is 0 Å². The highest BCUT2D eigenvalue weighted by Gasteiger charge is 2.40. The van der Waals surface area contributed by atoms with Gasteiger partial charge in [-0.2, -0.15) is 0 Å². The quantitative estimate of drug-likeness (QED) is 0.862. The lowest BCUT2D eigenvalue weighted by molar-refractivity contribution is -0.187.